The molecule has 1 saturated heterocycles. The summed E-state index contributed by atoms with van der Waals surface area (Å²) in [7, 11) is 0. The molecule has 3 heterocycles. The summed E-state index contributed by atoms with van der Waals surface area (Å²) in [5, 5.41) is 3.70. The zero-order valence-corrected chi connectivity index (χ0v) is 18.5. The second kappa shape index (κ2) is 9.70. The molecule has 0 bridgehead atoms. The molecule has 1 aliphatic rings. The smallest absolute Gasteiger partial charge is 0.280 e. The van der Waals surface area contributed by atoms with Crippen LogP contribution in [0, 0.1) is 6.92 Å². The number of alkyl halides is 2. The third kappa shape index (κ3) is 5.28. The Balaban J connectivity index is 1.56. The van der Waals surface area contributed by atoms with Crippen LogP contribution in [-0.2, 0) is 4.74 Å². The van der Waals surface area contributed by atoms with Crippen LogP contribution in [0.15, 0.2) is 42.7 Å². The molecule has 1 aliphatic heterocycles. The van der Waals surface area contributed by atoms with Crippen LogP contribution in [-0.4, -0.2) is 35.2 Å². The minimum absolute atomic E-state index is 0.0578. The van der Waals surface area contributed by atoms with Gasteiger partial charge in [-0.1, -0.05) is 6.07 Å². The number of benzene rings is 1. The van der Waals surface area contributed by atoms with Gasteiger partial charge in [-0.3, -0.25) is 9.78 Å². The molecule has 32 heavy (non-hydrogen) atoms. The van der Waals surface area contributed by atoms with Crippen LogP contribution in [0.2, 0.25) is 0 Å². The summed E-state index contributed by atoms with van der Waals surface area (Å²) in [6.07, 6.45) is 1.25. The van der Waals surface area contributed by atoms with Gasteiger partial charge in [0.25, 0.3) is 12.3 Å². The Bertz CT molecular complexity index is 1080. The fraction of sp³-hybridized carbons (Fsp3) is 0.348. The van der Waals surface area contributed by atoms with Gasteiger partial charge in [0.15, 0.2) is 0 Å². The van der Waals surface area contributed by atoms with E-state index in [9.17, 15) is 13.6 Å². The Morgan fingerprint density at radius 1 is 1.25 bits per heavy atom. The number of ether oxygens (including phenoxy) is 2. The number of halogens is 2. The fourth-order valence-corrected chi connectivity index (χ4v) is 4.12. The lowest BCUT2D eigenvalue weighted by Gasteiger charge is -2.17. The first-order valence-corrected chi connectivity index (χ1v) is 11.1. The highest BCUT2D eigenvalue weighted by Gasteiger charge is 2.20. The molecule has 1 amide bonds. The summed E-state index contributed by atoms with van der Waals surface area (Å²) in [6.45, 7) is 4.92. The monoisotopic (exact) mass is 459 g/mol. The summed E-state index contributed by atoms with van der Waals surface area (Å²) in [6, 6.07) is 7.75. The minimum atomic E-state index is -2.63. The molecule has 4 rings (SSSR count). The summed E-state index contributed by atoms with van der Waals surface area (Å²) in [5.41, 5.74) is 1.55. The van der Waals surface area contributed by atoms with E-state index in [1.165, 1.54) is 23.6 Å². The first-order chi connectivity index (χ1) is 15.4. The third-order valence-corrected chi connectivity index (χ3v) is 6.07. The van der Waals surface area contributed by atoms with Crippen LogP contribution in [0.1, 0.15) is 52.3 Å². The van der Waals surface area contributed by atoms with E-state index in [1.807, 2.05) is 13.0 Å². The lowest BCUT2D eigenvalue weighted by Crippen LogP contribution is -2.27. The molecule has 0 radical (unpaired) electrons. The van der Waals surface area contributed by atoms with Gasteiger partial charge in [0.2, 0.25) is 0 Å². The quantitative estimate of drug-likeness (QED) is 0.532. The second-order valence-electron chi connectivity index (χ2n) is 7.64. The van der Waals surface area contributed by atoms with Crippen molar-refractivity contribution in [2.75, 3.05) is 13.2 Å². The number of carbonyl (C=O) groups excluding carboxylic acids is 1. The summed E-state index contributed by atoms with van der Waals surface area (Å²) in [5.74, 6) is 0.268. The first kappa shape index (κ1) is 22.3. The highest BCUT2D eigenvalue weighted by Crippen LogP contribution is 2.31. The van der Waals surface area contributed by atoms with Crippen molar-refractivity contribution in [2.45, 2.75) is 38.8 Å². The Hall–Kier alpha value is -2.91. The Labute approximate surface area is 188 Å². The van der Waals surface area contributed by atoms with Crippen LogP contribution in [0.25, 0.3) is 10.6 Å². The van der Waals surface area contributed by atoms with Crippen molar-refractivity contribution < 1.29 is 23.0 Å². The number of carbonyl (C=O) groups is 1. The number of thiazole rings is 1. The van der Waals surface area contributed by atoms with Gasteiger partial charge < -0.3 is 14.8 Å². The molecule has 3 aromatic rings. The predicted molar refractivity (Wildman–Crippen MR) is 117 cm³/mol. The molecule has 0 aliphatic carbocycles. The van der Waals surface area contributed by atoms with E-state index < -0.39 is 12.5 Å². The first-order valence-electron chi connectivity index (χ1n) is 10.3. The van der Waals surface area contributed by atoms with E-state index in [2.05, 4.69) is 15.3 Å². The molecule has 6 nitrogen and oxygen atoms in total. The number of amides is 1. The molecule has 2 atom stereocenters. The lowest BCUT2D eigenvalue weighted by molar-refractivity contribution is 0.0938. The van der Waals surface area contributed by atoms with Crippen LogP contribution >= 0.6 is 11.3 Å². The van der Waals surface area contributed by atoms with Crippen molar-refractivity contribution >= 4 is 17.2 Å². The predicted octanol–water partition coefficient (Wildman–Crippen LogP) is 5.11. The van der Waals surface area contributed by atoms with Gasteiger partial charge >= 0.3 is 0 Å². The van der Waals surface area contributed by atoms with Gasteiger partial charge in [-0.15, -0.1) is 11.3 Å². The van der Waals surface area contributed by atoms with E-state index in [0.717, 1.165) is 21.9 Å². The highest BCUT2D eigenvalue weighted by atomic mass is 32.1. The number of hydrogen-bond donors (Lipinski definition) is 1. The maximum Gasteiger partial charge on any atom is 0.280 e. The zero-order valence-electron chi connectivity index (χ0n) is 17.7. The van der Waals surface area contributed by atoms with Crippen LogP contribution in [0.4, 0.5) is 8.78 Å². The van der Waals surface area contributed by atoms with Crippen molar-refractivity contribution in [3.8, 4) is 16.3 Å². The number of rotatable bonds is 7. The van der Waals surface area contributed by atoms with Gasteiger partial charge in [0, 0.05) is 34.8 Å². The maximum absolute atomic E-state index is 13.0. The van der Waals surface area contributed by atoms with Gasteiger partial charge in [0.1, 0.15) is 22.6 Å². The van der Waals surface area contributed by atoms with Gasteiger partial charge in [-0.05, 0) is 43.7 Å². The Morgan fingerprint density at radius 3 is 2.72 bits per heavy atom. The Kier molecular flexibility index (Phi) is 6.76. The number of nitrogens with one attached hydrogen (secondary N) is 1. The normalized spacial score (nSPS) is 16.8. The van der Waals surface area contributed by atoms with Gasteiger partial charge in [-0.25, -0.2) is 13.8 Å². The standard InChI is InChI=1S/C23H23F2N3O3S/c1-13-10-27-23(32-13)17-7-16(8-19(9-17)31-18-5-6-30-12-18)22(29)28-14(2)15-3-4-20(21(24)25)26-11-15/h3-4,7-11,14,18,21H,5-6,12H2,1-2H3,(H,28,29)/t14?,18-/m1/s1. The minimum Gasteiger partial charge on any atom is -0.488 e. The topological polar surface area (TPSA) is 73.3 Å². The van der Waals surface area contributed by atoms with E-state index in [-0.39, 0.29) is 17.7 Å². The van der Waals surface area contributed by atoms with E-state index in [0.29, 0.717) is 30.1 Å². The summed E-state index contributed by atoms with van der Waals surface area (Å²) >= 11 is 1.53. The average molecular weight is 460 g/mol. The zero-order chi connectivity index (χ0) is 22.7. The number of nitrogens with zero attached hydrogens (tertiary/aromatic N) is 2. The van der Waals surface area contributed by atoms with Gasteiger partial charge in [-0.2, -0.15) is 0 Å². The largest absolute Gasteiger partial charge is 0.488 e. The van der Waals surface area contributed by atoms with E-state index >= 15 is 0 Å². The molecule has 0 spiro atoms. The average Bonchev–Trinajstić information content (AvgIpc) is 3.45. The number of aromatic nitrogens is 2. The van der Waals surface area contributed by atoms with Crippen molar-refractivity contribution in [2.24, 2.45) is 0 Å². The molecule has 1 N–H and O–H groups in total. The highest BCUT2D eigenvalue weighted by molar-refractivity contribution is 7.14. The van der Waals surface area contributed by atoms with Crippen molar-refractivity contribution in [3.63, 3.8) is 0 Å². The number of pyridine rings is 1. The molecular formula is C23H23F2N3O3S. The molecular weight excluding hydrogens is 436 g/mol. The second-order valence-corrected chi connectivity index (χ2v) is 8.87. The molecule has 1 fully saturated rings. The number of hydrogen-bond acceptors (Lipinski definition) is 6. The van der Waals surface area contributed by atoms with Crippen molar-refractivity contribution in [3.05, 3.63) is 64.4 Å². The van der Waals surface area contributed by atoms with Crippen molar-refractivity contribution in [1.29, 1.82) is 0 Å². The molecule has 168 valence electrons. The fourth-order valence-electron chi connectivity index (χ4n) is 3.37. The Morgan fingerprint density at radius 2 is 2.09 bits per heavy atom. The summed E-state index contributed by atoms with van der Waals surface area (Å²) < 4.78 is 36.9. The molecule has 1 aromatic carbocycles. The third-order valence-electron chi connectivity index (χ3n) is 5.11. The molecule has 0 saturated carbocycles. The molecule has 2 aromatic heterocycles. The SMILES string of the molecule is Cc1cnc(-c2cc(O[C@@H]3CCOC3)cc(C(=O)NC(C)c3ccc(C(F)F)nc3)c2)s1. The van der Waals surface area contributed by atoms with Gasteiger partial charge in [0.05, 0.1) is 19.3 Å². The lowest BCUT2D eigenvalue weighted by atomic mass is 10.1. The van der Waals surface area contributed by atoms with E-state index in [4.69, 9.17) is 9.47 Å². The molecule has 1 unspecified atom stereocenters. The van der Waals surface area contributed by atoms with Crippen LogP contribution in [0.5, 0.6) is 5.75 Å². The van der Waals surface area contributed by atoms with E-state index in [1.54, 1.807) is 31.3 Å². The van der Waals surface area contributed by atoms with Crippen LogP contribution < -0.4 is 10.1 Å². The maximum atomic E-state index is 13.0. The van der Waals surface area contributed by atoms with Crippen molar-refractivity contribution in [1.82, 2.24) is 15.3 Å². The molecule has 9 heteroatoms. The summed E-state index contributed by atoms with van der Waals surface area (Å²) in [4.78, 5) is 22.3. The number of aryl methyl sites for hydroxylation is 1. The van der Waals surface area contributed by atoms with Crippen LogP contribution in [0.3, 0.4) is 0 Å².